The molecule has 0 aromatic heterocycles. The Kier molecular flexibility index (Phi) is 5.40. The fourth-order valence-corrected chi connectivity index (χ4v) is 3.31. The first-order valence-corrected chi connectivity index (χ1v) is 7.67. The lowest BCUT2D eigenvalue weighted by Gasteiger charge is -2.32. The van der Waals surface area contributed by atoms with E-state index in [-0.39, 0.29) is 17.8 Å². The number of methoxy groups -OCH3 is 1. The molecule has 1 aliphatic heterocycles. The third-order valence-corrected chi connectivity index (χ3v) is 4.68. The number of carbonyl (C=O) groups is 2. The molecule has 1 saturated carbocycles. The van der Waals surface area contributed by atoms with Crippen molar-refractivity contribution in [1.82, 2.24) is 9.80 Å². The highest BCUT2D eigenvalue weighted by Gasteiger charge is 2.31. The van der Waals surface area contributed by atoms with Crippen molar-refractivity contribution in [3.8, 4) is 0 Å². The third kappa shape index (κ3) is 3.72. The van der Waals surface area contributed by atoms with E-state index in [1.807, 2.05) is 11.9 Å². The first kappa shape index (κ1) is 15.3. The quantitative estimate of drug-likeness (QED) is 0.729. The molecule has 0 N–H and O–H groups in total. The van der Waals surface area contributed by atoms with Crippen LogP contribution in [0.2, 0.25) is 0 Å². The number of amides is 1. The number of ether oxygens (including phenoxy) is 1. The van der Waals surface area contributed by atoms with E-state index in [2.05, 4.69) is 4.90 Å². The zero-order valence-electron chi connectivity index (χ0n) is 12.6. The lowest BCUT2D eigenvalue weighted by molar-refractivity contribution is -0.145. The van der Waals surface area contributed by atoms with Crippen LogP contribution < -0.4 is 0 Å². The molecule has 20 heavy (non-hydrogen) atoms. The number of rotatable bonds is 4. The average Bonchev–Trinajstić information content (AvgIpc) is 2.95. The number of hydrogen-bond acceptors (Lipinski definition) is 4. The molecule has 1 amide bonds. The van der Waals surface area contributed by atoms with Crippen molar-refractivity contribution in [2.45, 2.75) is 44.6 Å². The van der Waals surface area contributed by atoms with Crippen LogP contribution in [0.3, 0.4) is 0 Å². The molecule has 0 aromatic rings. The van der Waals surface area contributed by atoms with E-state index in [4.69, 9.17) is 4.74 Å². The van der Waals surface area contributed by atoms with E-state index in [1.165, 1.54) is 26.4 Å². The lowest BCUT2D eigenvalue weighted by atomic mass is 9.94. The Hall–Kier alpha value is -1.10. The highest BCUT2D eigenvalue weighted by atomic mass is 16.5. The molecule has 5 nitrogen and oxygen atoms in total. The van der Waals surface area contributed by atoms with E-state index >= 15 is 0 Å². The lowest BCUT2D eigenvalue weighted by Crippen LogP contribution is -2.43. The maximum absolute atomic E-state index is 12.3. The second kappa shape index (κ2) is 7.07. The van der Waals surface area contributed by atoms with Gasteiger partial charge in [0.1, 0.15) is 0 Å². The number of likely N-dealkylation sites (N-methyl/N-ethyl adjacent to an activating group) is 1. The van der Waals surface area contributed by atoms with Crippen molar-refractivity contribution in [3.05, 3.63) is 0 Å². The van der Waals surface area contributed by atoms with E-state index < -0.39 is 0 Å². The normalized spacial score (nSPS) is 24.6. The van der Waals surface area contributed by atoms with Gasteiger partial charge in [-0.3, -0.25) is 14.5 Å². The standard InChI is InChI=1S/C15H26N2O3/c1-16(13-6-4-3-5-7-13)14(18)11-17-9-8-12(10-17)15(19)20-2/h12-13H,3-11H2,1-2H3. The largest absolute Gasteiger partial charge is 0.469 e. The molecule has 1 atom stereocenters. The highest BCUT2D eigenvalue weighted by Crippen LogP contribution is 2.22. The number of esters is 1. The van der Waals surface area contributed by atoms with Crippen LogP contribution >= 0.6 is 0 Å². The Balaban J connectivity index is 1.78. The molecule has 2 aliphatic rings. The smallest absolute Gasteiger partial charge is 0.310 e. The molecular weight excluding hydrogens is 256 g/mol. The Morgan fingerprint density at radius 3 is 2.55 bits per heavy atom. The summed E-state index contributed by atoms with van der Waals surface area (Å²) in [6.07, 6.45) is 6.82. The number of hydrogen-bond donors (Lipinski definition) is 0. The number of likely N-dealkylation sites (tertiary alicyclic amines) is 1. The summed E-state index contributed by atoms with van der Waals surface area (Å²) in [5.41, 5.74) is 0. The van der Waals surface area contributed by atoms with E-state index in [0.717, 1.165) is 25.8 Å². The fraction of sp³-hybridized carbons (Fsp3) is 0.867. The van der Waals surface area contributed by atoms with Gasteiger partial charge in [-0.1, -0.05) is 19.3 Å². The first-order valence-electron chi connectivity index (χ1n) is 7.67. The Bertz CT molecular complexity index is 353. The molecule has 0 bridgehead atoms. The minimum atomic E-state index is -0.152. The Labute approximate surface area is 121 Å². The van der Waals surface area contributed by atoms with Crippen molar-refractivity contribution in [2.75, 3.05) is 33.8 Å². The molecule has 0 spiro atoms. The summed E-state index contributed by atoms with van der Waals surface area (Å²) in [5.74, 6) is -0.0317. The maximum atomic E-state index is 12.3. The molecule has 0 radical (unpaired) electrons. The van der Waals surface area contributed by atoms with Crippen LogP contribution in [-0.4, -0.2) is 61.5 Å². The van der Waals surface area contributed by atoms with Crippen LogP contribution in [0.1, 0.15) is 38.5 Å². The molecule has 1 aliphatic carbocycles. The fourth-order valence-electron chi connectivity index (χ4n) is 3.31. The number of carbonyl (C=O) groups excluding carboxylic acids is 2. The topological polar surface area (TPSA) is 49.9 Å². The van der Waals surface area contributed by atoms with E-state index in [9.17, 15) is 9.59 Å². The molecule has 5 heteroatoms. The van der Waals surface area contributed by atoms with Crippen molar-refractivity contribution in [2.24, 2.45) is 5.92 Å². The van der Waals surface area contributed by atoms with Gasteiger partial charge in [0.15, 0.2) is 0 Å². The van der Waals surface area contributed by atoms with Crippen LogP contribution in [0, 0.1) is 5.92 Å². The molecular formula is C15H26N2O3. The monoisotopic (exact) mass is 282 g/mol. The van der Waals surface area contributed by atoms with Crippen LogP contribution in [0.5, 0.6) is 0 Å². The second-order valence-corrected chi connectivity index (χ2v) is 6.04. The van der Waals surface area contributed by atoms with Crippen molar-refractivity contribution in [1.29, 1.82) is 0 Å². The summed E-state index contributed by atoms with van der Waals surface area (Å²) >= 11 is 0. The molecule has 0 aromatic carbocycles. The van der Waals surface area contributed by atoms with Gasteiger partial charge < -0.3 is 9.64 Å². The van der Waals surface area contributed by atoms with Gasteiger partial charge >= 0.3 is 5.97 Å². The van der Waals surface area contributed by atoms with Gasteiger partial charge in [-0.2, -0.15) is 0 Å². The van der Waals surface area contributed by atoms with Gasteiger partial charge in [-0.05, 0) is 25.8 Å². The predicted octanol–water partition coefficient (Wildman–Crippen LogP) is 1.27. The predicted molar refractivity (Wildman–Crippen MR) is 76.2 cm³/mol. The molecule has 2 rings (SSSR count). The van der Waals surface area contributed by atoms with Crippen LogP contribution in [0.4, 0.5) is 0 Å². The summed E-state index contributed by atoms with van der Waals surface area (Å²) in [6, 6.07) is 0.412. The highest BCUT2D eigenvalue weighted by molar-refractivity contribution is 5.78. The summed E-state index contributed by atoms with van der Waals surface area (Å²) in [7, 11) is 3.35. The van der Waals surface area contributed by atoms with Crippen molar-refractivity contribution < 1.29 is 14.3 Å². The Morgan fingerprint density at radius 1 is 1.20 bits per heavy atom. The molecule has 2 fully saturated rings. The van der Waals surface area contributed by atoms with E-state index in [1.54, 1.807) is 0 Å². The zero-order valence-corrected chi connectivity index (χ0v) is 12.6. The molecule has 1 saturated heterocycles. The maximum Gasteiger partial charge on any atom is 0.310 e. The van der Waals surface area contributed by atoms with Crippen molar-refractivity contribution >= 4 is 11.9 Å². The molecule has 114 valence electrons. The molecule has 1 heterocycles. The van der Waals surface area contributed by atoms with Gasteiger partial charge in [0, 0.05) is 19.6 Å². The van der Waals surface area contributed by atoms with Crippen molar-refractivity contribution in [3.63, 3.8) is 0 Å². The third-order valence-electron chi connectivity index (χ3n) is 4.68. The first-order chi connectivity index (χ1) is 9.61. The number of nitrogens with zero attached hydrogens (tertiary/aromatic N) is 2. The summed E-state index contributed by atoms with van der Waals surface area (Å²) < 4.78 is 4.77. The van der Waals surface area contributed by atoms with Crippen LogP contribution in [0.15, 0.2) is 0 Å². The van der Waals surface area contributed by atoms with Gasteiger partial charge in [0.2, 0.25) is 5.91 Å². The summed E-state index contributed by atoms with van der Waals surface area (Å²) in [4.78, 5) is 27.8. The van der Waals surface area contributed by atoms with Crippen LogP contribution in [0.25, 0.3) is 0 Å². The van der Waals surface area contributed by atoms with Gasteiger partial charge in [0.25, 0.3) is 0 Å². The second-order valence-electron chi connectivity index (χ2n) is 6.04. The average molecular weight is 282 g/mol. The SMILES string of the molecule is COC(=O)C1CCN(CC(=O)N(C)C2CCCCC2)C1. The van der Waals surface area contributed by atoms with Gasteiger partial charge in [0.05, 0.1) is 19.6 Å². The van der Waals surface area contributed by atoms with E-state index in [0.29, 0.717) is 19.1 Å². The minimum absolute atomic E-state index is 0.0622. The molecule has 1 unspecified atom stereocenters. The zero-order chi connectivity index (χ0) is 14.5. The van der Waals surface area contributed by atoms with Crippen LogP contribution in [-0.2, 0) is 14.3 Å². The Morgan fingerprint density at radius 2 is 1.90 bits per heavy atom. The minimum Gasteiger partial charge on any atom is -0.469 e. The van der Waals surface area contributed by atoms with Gasteiger partial charge in [-0.15, -0.1) is 0 Å². The van der Waals surface area contributed by atoms with Gasteiger partial charge in [-0.25, -0.2) is 0 Å². The summed E-state index contributed by atoms with van der Waals surface area (Å²) in [5, 5.41) is 0. The summed E-state index contributed by atoms with van der Waals surface area (Å²) in [6.45, 7) is 1.89.